The number of non-ortho nitro benzene ring substituents is 1. The third-order valence-corrected chi connectivity index (χ3v) is 3.78. The first-order valence-corrected chi connectivity index (χ1v) is 8.53. The first kappa shape index (κ1) is 20.0. The van der Waals surface area contributed by atoms with Gasteiger partial charge in [-0.3, -0.25) is 19.7 Å². The molecule has 3 N–H and O–H groups in total. The molecule has 0 radical (unpaired) electrons. The summed E-state index contributed by atoms with van der Waals surface area (Å²) in [7, 11) is 0. The van der Waals surface area contributed by atoms with E-state index in [4.69, 9.17) is 4.42 Å². The van der Waals surface area contributed by atoms with Crippen LogP contribution in [0.5, 0.6) is 0 Å². The van der Waals surface area contributed by atoms with Crippen LogP contribution in [0.1, 0.15) is 25.5 Å². The number of nitrogens with zero attached hydrogens (tertiary/aromatic N) is 1. The first-order chi connectivity index (χ1) is 13.0. The summed E-state index contributed by atoms with van der Waals surface area (Å²) in [6.45, 7) is 2.42. The lowest BCUT2D eigenvalue weighted by molar-refractivity contribution is -0.384. The number of nitro groups is 1. The summed E-state index contributed by atoms with van der Waals surface area (Å²) in [5.74, 6) is 0.129. The number of carbonyl (C=O) groups is 2. The SMILES string of the molecule is CC(NC(=O)CCCNc1ccc([N+](=O)[O-])cc1)C(=O)NCc1ccco1. The van der Waals surface area contributed by atoms with Crippen LogP contribution in [-0.4, -0.2) is 29.3 Å². The van der Waals surface area contributed by atoms with E-state index in [-0.39, 0.29) is 30.5 Å². The highest BCUT2D eigenvalue weighted by atomic mass is 16.6. The molecule has 1 aromatic heterocycles. The van der Waals surface area contributed by atoms with Crippen LogP contribution in [0, 0.1) is 10.1 Å². The van der Waals surface area contributed by atoms with E-state index in [1.807, 2.05) is 0 Å². The molecule has 1 aromatic carbocycles. The van der Waals surface area contributed by atoms with Crippen molar-refractivity contribution in [1.29, 1.82) is 0 Å². The van der Waals surface area contributed by atoms with Gasteiger partial charge in [0.1, 0.15) is 11.8 Å². The Morgan fingerprint density at radius 1 is 1.22 bits per heavy atom. The number of rotatable bonds is 10. The van der Waals surface area contributed by atoms with Crippen LogP contribution in [0.2, 0.25) is 0 Å². The predicted molar refractivity (Wildman–Crippen MR) is 99.0 cm³/mol. The van der Waals surface area contributed by atoms with Gasteiger partial charge < -0.3 is 20.4 Å². The van der Waals surface area contributed by atoms with Crippen molar-refractivity contribution in [2.24, 2.45) is 0 Å². The van der Waals surface area contributed by atoms with E-state index in [1.54, 1.807) is 31.2 Å². The maximum absolute atomic E-state index is 11.9. The molecule has 1 unspecified atom stereocenters. The molecule has 0 aliphatic heterocycles. The Kier molecular flexibility index (Phi) is 7.36. The Hall–Kier alpha value is -3.36. The number of carbonyl (C=O) groups excluding carboxylic acids is 2. The van der Waals surface area contributed by atoms with Crippen LogP contribution in [0.15, 0.2) is 47.1 Å². The van der Waals surface area contributed by atoms with Crippen molar-refractivity contribution >= 4 is 23.2 Å². The number of hydrogen-bond acceptors (Lipinski definition) is 6. The van der Waals surface area contributed by atoms with Gasteiger partial charge in [0.15, 0.2) is 0 Å². The topological polar surface area (TPSA) is 127 Å². The maximum Gasteiger partial charge on any atom is 0.269 e. The predicted octanol–water partition coefficient (Wildman–Crippen LogP) is 2.20. The van der Waals surface area contributed by atoms with Gasteiger partial charge in [0.2, 0.25) is 11.8 Å². The zero-order chi connectivity index (χ0) is 19.6. The van der Waals surface area contributed by atoms with Crippen molar-refractivity contribution in [2.45, 2.75) is 32.4 Å². The fourth-order valence-electron chi connectivity index (χ4n) is 2.30. The fourth-order valence-corrected chi connectivity index (χ4v) is 2.30. The van der Waals surface area contributed by atoms with Crippen LogP contribution in [0.4, 0.5) is 11.4 Å². The van der Waals surface area contributed by atoms with Crippen LogP contribution >= 0.6 is 0 Å². The molecule has 0 spiro atoms. The van der Waals surface area contributed by atoms with Crippen molar-refractivity contribution in [1.82, 2.24) is 10.6 Å². The number of nitrogens with one attached hydrogen (secondary N) is 3. The monoisotopic (exact) mass is 374 g/mol. The second kappa shape index (κ2) is 9.95. The Balaban J connectivity index is 1.62. The average Bonchev–Trinajstić information content (AvgIpc) is 3.17. The van der Waals surface area contributed by atoms with E-state index in [0.29, 0.717) is 18.7 Å². The lowest BCUT2D eigenvalue weighted by Gasteiger charge is -2.14. The number of hydrogen-bond donors (Lipinski definition) is 3. The number of amides is 2. The molecule has 0 aliphatic carbocycles. The van der Waals surface area contributed by atoms with Crippen molar-refractivity contribution in [3.8, 4) is 0 Å². The second-order valence-electron chi connectivity index (χ2n) is 5.92. The first-order valence-electron chi connectivity index (χ1n) is 8.53. The van der Waals surface area contributed by atoms with Crippen molar-refractivity contribution in [3.63, 3.8) is 0 Å². The van der Waals surface area contributed by atoms with Crippen molar-refractivity contribution in [3.05, 3.63) is 58.5 Å². The summed E-state index contributed by atoms with van der Waals surface area (Å²) < 4.78 is 5.12. The average molecular weight is 374 g/mol. The highest BCUT2D eigenvalue weighted by Gasteiger charge is 2.15. The van der Waals surface area contributed by atoms with E-state index < -0.39 is 11.0 Å². The molecule has 0 saturated carbocycles. The quantitative estimate of drug-likeness (QED) is 0.332. The summed E-state index contributed by atoms with van der Waals surface area (Å²) in [6, 6.07) is 8.90. The summed E-state index contributed by atoms with van der Waals surface area (Å²) in [5.41, 5.74) is 0.769. The van der Waals surface area contributed by atoms with Gasteiger partial charge in [-0.05, 0) is 37.6 Å². The minimum atomic E-state index is -0.643. The third-order valence-electron chi connectivity index (χ3n) is 3.78. The molecule has 0 fully saturated rings. The fraction of sp³-hybridized carbons (Fsp3) is 0.333. The molecule has 2 aromatic rings. The third kappa shape index (κ3) is 6.81. The molecule has 1 atom stereocenters. The summed E-state index contributed by atoms with van der Waals surface area (Å²) >= 11 is 0. The molecule has 144 valence electrons. The summed E-state index contributed by atoms with van der Waals surface area (Å²) in [4.78, 5) is 34.0. The van der Waals surface area contributed by atoms with Gasteiger partial charge in [0.25, 0.3) is 5.69 Å². The number of nitro benzene ring substituents is 1. The van der Waals surface area contributed by atoms with Gasteiger partial charge in [-0.15, -0.1) is 0 Å². The van der Waals surface area contributed by atoms with Crippen molar-refractivity contribution < 1.29 is 18.9 Å². The molecule has 1 heterocycles. The Morgan fingerprint density at radius 2 is 1.96 bits per heavy atom. The second-order valence-corrected chi connectivity index (χ2v) is 5.92. The molecule has 9 nitrogen and oxygen atoms in total. The number of anilines is 1. The van der Waals surface area contributed by atoms with Gasteiger partial charge >= 0.3 is 0 Å². The molecule has 0 aliphatic rings. The van der Waals surface area contributed by atoms with Gasteiger partial charge in [0, 0.05) is 30.8 Å². The van der Waals surface area contributed by atoms with E-state index in [2.05, 4.69) is 16.0 Å². The van der Waals surface area contributed by atoms with E-state index in [1.165, 1.54) is 18.4 Å². The molecule has 2 amide bonds. The van der Waals surface area contributed by atoms with E-state index in [0.717, 1.165) is 5.69 Å². The summed E-state index contributed by atoms with van der Waals surface area (Å²) in [6.07, 6.45) is 2.34. The van der Waals surface area contributed by atoms with E-state index in [9.17, 15) is 19.7 Å². The van der Waals surface area contributed by atoms with Crippen LogP contribution in [-0.2, 0) is 16.1 Å². The Bertz CT molecular complexity index is 759. The van der Waals surface area contributed by atoms with Crippen molar-refractivity contribution in [2.75, 3.05) is 11.9 Å². The standard InChI is InChI=1S/C18H22N4O5/c1-13(18(24)20-12-16-4-3-11-27-16)21-17(23)5-2-10-19-14-6-8-15(9-7-14)22(25)26/h3-4,6-9,11,13,19H,2,5,10,12H2,1H3,(H,20,24)(H,21,23). The van der Waals surface area contributed by atoms with Gasteiger partial charge in [-0.25, -0.2) is 0 Å². The lowest BCUT2D eigenvalue weighted by atomic mass is 10.2. The Labute approximate surface area is 156 Å². The minimum Gasteiger partial charge on any atom is -0.467 e. The zero-order valence-corrected chi connectivity index (χ0v) is 14.9. The molecule has 0 bridgehead atoms. The minimum absolute atomic E-state index is 0.0271. The highest BCUT2D eigenvalue weighted by molar-refractivity contribution is 5.87. The molecule has 2 rings (SSSR count). The van der Waals surface area contributed by atoms with Crippen LogP contribution in [0.25, 0.3) is 0 Å². The molecule has 27 heavy (non-hydrogen) atoms. The molecule has 9 heteroatoms. The van der Waals surface area contributed by atoms with Gasteiger partial charge in [-0.1, -0.05) is 0 Å². The largest absolute Gasteiger partial charge is 0.467 e. The molecular weight excluding hydrogens is 352 g/mol. The van der Waals surface area contributed by atoms with Crippen LogP contribution < -0.4 is 16.0 Å². The number of benzene rings is 1. The van der Waals surface area contributed by atoms with E-state index >= 15 is 0 Å². The van der Waals surface area contributed by atoms with Gasteiger partial charge in [0.05, 0.1) is 17.7 Å². The van der Waals surface area contributed by atoms with Gasteiger partial charge in [-0.2, -0.15) is 0 Å². The highest BCUT2D eigenvalue weighted by Crippen LogP contribution is 2.15. The smallest absolute Gasteiger partial charge is 0.269 e. The normalized spacial score (nSPS) is 11.4. The number of furan rings is 1. The molecule has 0 saturated heterocycles. The maximum atomic E-state index is 11.9. The lowest BCUT2D eigenvalue weighted by Crippen LogP contribution is -2.44. The Morgan fingerprint density at radius 3 is 2.59 bits per heavy atom. The molecular formula is C18H22N4O5. The zero-order valence-electron chi connectivity index (χ0n) is 14.9. The van der Waals surface area contributed by atoms with Crippen LogP contribution in [0.3, 0.4) is 0 Å². The summed E-state index contributed by atoms with van der Waals surface area (Å²) in [5, 5.41) is 19.0.